The van der Waals surface area contributed by atoms with Crippen molar-refractivity contribution in [3.63, 3.8) is 0 Å². The predicted molar refractivity (Wildman–Crippen MR) is 124 cm³/mol. The van der Waals surface area contributed by atoms with E-state index >= 15 is 0 Å². The van der Waals surface area contributed by atoms with Gasteiger partial charge in [-0.15, -0.1) is 0 Å². The van der Waals surface area contributed by atoms with Gasteiger partial charge in [-0.2, -0.15) is 0 Å². The molecule has 1 aromatic heterocycles. The number of hydrogen-bond donors (Lipinski definition) is 2. The van der Waals surface area contributed by atoms with Crippen LogP contribution in [0.3, 0.4) is 0 Å². The SMILES string of the molecule is CCCC(=O)c1cnc2c(OCCOC(=O)CC(=O)O)cccc2c1Nc1ccccc1C. The normalized spacial score (nSPS) is 10.6. The van der Waals surface area contributed by atoms with Crippen molar-refractivity contribution in [1.82, 2.24) is 4.98 Å². The van der Waals surface area contributed by atoms with Gasteiger partial charge in [-0.25, -0.2) is 0 Å². The van der Waals surface area contributed by atoms with Crippen molar-refractivity contribution in [2.45, 2.75) is 33.1 Å². The van der Waals surface area contributed by atoms with E-state index in [9.17, 15) is 14.4 Å². The Hall–Kier alpha value is -3.94. The number of esters is 1. The lowest BCUT2D eigenvalue weighted by Crippen LogP contribution is -2.15. The van der Waals surface area contributed by atoms with Gasteiger partial charge in [0.15, 0.2) is 5.78 Å². The lowest BCUT2D eigenvalue weighted by Gasteiger charge is -2.17. The number of aromatic nitrogens is 1. The van der Waals surface area contributed by atoms with Crippen molar-refractivity contribution in [2.75, 3.05) is 18.5 Å². The molecule has 0 unspecified atom stereocenters. The molecule has 0 spiro atoms. The number of benzene rings is 2. The van der Waals surface area contributed by atoms with Crippen molar-refractivity contribution in [3.05, 3.63) is 59.8 Å². The number of aryl methyl sites for hydroxylation is 1. The number of nitrogens with zero attached hydrogens (tertiary/aromatic N) is 1. The van der Waals surface area contributed by atoms with Gasteiger partial charge in [0.25, 0.3) is 0 Å². The van der Waals surface area contributed by atoms with Gasteiger partial charge in [0.05, 0.1) is 11.3 Å². The molecule has 1 heterocycles. The molecule has 0 atom stereocenters. The van der Waals surface area contributed by atoms with Crippen LogP contribution in [0.4, 0.5) is 11.4 Å². The number of carboxylic acids is 1. The second kappa shape index (κ2) is 11.1. The Balaban J connectivity index is 1.90. The van der Waals surface area contributed by atoms with Gasteiger partial charge in [0, 0.05) is 23.7 Å². The van der Waals surface area contributed by atoms with Crippen molar-refractivity contribution < 1.29 is 29.0 Å². The lowest BCUT2D eigenvalue weighted by molar-refractivity contribution is -0.151. The molecule has 0 fully saturated rings. The molecule has 2 N–H and O–H groups in total. The quantitative estimate of drug-likeness (QED) is 0.187. The van der Waals surface area contributed by atoms with Crippen LogP contribution in [0.5, 0.6) is 5.75 Å². The van der Waals surface area contributed by atoms with Gasteiger partial charge in [0.1, 0.15) is 30.9 Å². The van der Waals surface area contributed by atoms with E-state index in [1.165, 1.54) is 0 Å². The summed E-state index contributed by atoms with van der Waals surface area (Å²) in [6.07, 6.45) is 2.00. The van der Waals surface area contributed by atoms with Crippen LogP contribution in [0, 0.1) is 6.92 Å². The molecule has 0 radical (unpaired) electrons. The number of carbonyl (C=O) groups excluding carboxylic acids is 2. The zero-order valence-corrected chi connectivity index (χ0v) is 18.6. The molecular formula is C25H26N2O6. The zero-order chi connectivity index (χ0) is 23.8. The summed E-state index contributed by atoms with van der Waals surface area (Å²) < 4.78 is 10.6. The number of Topliss-reactive ketones (excluding diaryl/α,β-unsaturated/α-hetero) is 1. The van der Waals surface area contributed by atoms with E-state index in [1.54, 1.807) is 18.3 Å². The van der Waals surface area contributed by atoms with Crippen LogP contribution in [0.2, 0.25) is 0 Å². The minimum absolute atomic E-state index is 0.000325. The van der Waals surface area contributed by atoms with E-state index in [-0.39, 0.29) is 19.0 Å². The average molecular weight is 450 g/mol. The number of aliphatic carboxylic acids is 1. The first-order valence-corrected chi connectivity index (χ1v) is 10.7. The molecule has 0 bridgehead atoms. The summed E-state index contributed by atoms with van der Waals surface area (Å²) in [4.78, 5) is 39.2. The van der Waals surface area contributed by atoms with Crippen molar-refractivity contribution >= 4 is 40.0 Å². The van der Waals surface area contributed by atoms with Crippen LogP contribution in [0.15, 0.2) is 48.7 Å². The van der Waals surface area contributed by atoms with Crippen LogP contribution in [0.1, 0.15) is 42.1 Å². The van der Waals surface area contributed by atoms with Gasteiger partial charge >= 0.3 is 11.9 Å². The number of carbonyl (C=O) groups is 3. The highest BCUT2D eigenvalue weighted by Gasteiger charge is 2.18. The zero-order valence-electron chi connectivity index (χ0n) is 18.6. The van der Waals surface area contributed by atoms with Crippen LogP contribution in [-0.2, 0) is 14.3 Å². The minimum atomic E-state index is -1.25. The van der Waals surface area contributed by atoms with E-state index in [0.29, 0.717) is 28.9 Å². The molecule has 0 amide bonds. The number of nitrogens with one attached hydrogen (secondary N) is 1. The number of ketones is 1. The Labute approximate surface area is 191 Å². The summed E-state index contributed by atoms with van der Waals surface area (Å²) in [7, 11) is 0. The molecule has 33 heavy (non-hydrogen) atoms. The Kier molecular flexibility index (Phi) is 7.96. The van der Waals surface area contributed by atoms with Crippen molar-refractivity contribution in [3.8, 4) is 5.75 Å². The number of hydrogen-bond acceptors (Lipinski definition) is 7. The maximum atomic E-state index is 12.8. The molecule has 0 aliphatic rings. The molecular weight excluding hydrogens is 424 g/mol. The Morgan fingerprint density at radius 3 is 2.58 bits per heavy atom. The molecule has 3 rings (SSSR count). The molecule has 3 aromatic rings. The first kappa shape index (κ1) is 23.7. The summed E-state index contributed by atoms with van der Waals surface area (Å²) >= 11 is 0. The molecule has 172 valence electrons. The maximum absolute atomic E-state index is 12.8. The third kappa shape index (κ3) is 6.06. The number of anilines is 2. The number of fused-ring (bicyclic) bond motifs is 1. The van der Waals surface area contributed by atoms with Crippen LogP contribution in [0.25, 0.3) is 10.9 Å². The third-order valence-electron chi connectivity index (χ3n) is 4.94. The summed E-state index contributed by atoms with van der Waals surface area (Å²) in [5.74, 6) is -1.61. The Morgan fingerprint density at radius 2 is 1.85 bits per heavy atom. The van der Waals surface area contributed by atoms with Crippen LogP contribution < -0.4 is 10.1 Å². The number of ether oxygens (including phenoxy) is 2. The number of para-hydroxylation sites is 2. The number of pyridine rings is 1. The standard InChI is InChI=1S/C25H26N2O6/c1-3-7-20(28)18-15-26-25-17(24(18)27-19-10-5-4-8-16(19)2)9-6-11-21(25)32-12-13-33-23(31)14-22(29)30/h4-6,8-11,15H,3,7,12-14H2,1-2H3,(H,26,27)(H,29,30). The molecule has 2 aromatic carbocycles. The minimum Gasteiger partial charge on any atom is -0.488 e. The van der Waals surface area contributed by atoms with Crippen LogP contribution >= 0.6 is 0 Å². The number of rotatable bonds is 11. The third-order valence-corrected chi connectivity index (χ3v) is 4.94. The first-order chi connectivity index (χ1) is 15.9. The summed E-state index contributed by atoms with van der Waals surface area (Å²) in [5, 5.41) is 12.7. The fourth-order valence-electron chi connectivity index (χ4n) is 3.35. The topological polar surface area (TPSA) is 115 Å². The lowest BCUT2D eigenvalue weighted by atomic mass is 10.0. The van der Waals surface area contributed by atoms with Crippen molar-refractivity contribution in [2.24, 2.45) is 0 Å². The molecule has 0 aliphatic heterocycles. The van der Waals surface area contributed by atoms with Gasteiger partial charge in [-0.05, 0) is 31.0 Å². The number of carboxylic acid groups (broad SMARTS) is 1. The molecule has 0 saturated carbocycles. The maximum Gasteiger partial charge on any atom is 0.317 e. The van der Waals surface area contributed by atoms with Gasteiger partial charge in [0.2, 0.25) is 0 Å². The molecule has 8 heteroatoms. The Bertz CT molecular complexity index is 1170. The second-order valence-electron chi connectivity index (χ2n) is 7.45. The van der Waals surface area contributed by atoms with E-state index < -0.39 is 18.4 Å². The van der Waals surface area contributed by atoms with Crippen LogP contribution in [-0.4, -0.2) is 41.0 Å². The van der Waals surface area contributed by atoms with E-state index in [4.69, 9.17) is 14.6 Å². The van der Waals surface area contributed by atoms with Gasteiger partial charge in [-0.3, -0.25) is 19.4 Å². The first-order valence-electron chi connectivity index (χ1n) is 10.7. The largest absolute Gasteiger partial charge is 0.488 e. The average Bonchev–Trinajstić information content (AvgIpc) is 2.78. The summed E-state index contributed by atoms with van der Waals surface area (Å²) in [5.41, 5.74) is 3.64. The van der Waals surface area contributed by atoms with E-state index in [0.717, 1.165) is 23.1 Å². The fourth-order valence-corrected chi connectivity index (χ4v) is 3.35. The van der Waals surface area contributed by atoms with Gasteiger partial charge in [-0.1, -0.05) is 37.3 Å². The fraction of sp³-hybridized carbons (Fsp3) is 0.280. The molecule has 8 nitrogen and oxygen atoms in total. The predicted octanol–water partition coefficient (Wildman–Crippen LogP) is 4.67. The summed E-state index contributed by atoms with van der Waals surface area (Å²) in [6.45, 7) is 3.88. The second-order valence-corrected chi connectivity index (χ2v) is 7.45. The van der Waals surface area contributed by atoms with Crippen molar-refractivity contribution in [1.29, 1.82) is 0 Å². The molecule has 0 aliphatic carbocycles. The van der Waals surface area contributed by atoms with E-state index in [1.807, 2.05) is 44.2 Å². The van der Waals surface area contributed by atoms with E-state index in [2.05, 4.69) is 10.3 Å². The van der Waals surface area contributed by atoms with Gasteiger partial charge < -0.3 is 19.9 Å². The monoisotopic (exact) mass is 450 g/mol. The highest BCUT2D eigenvalue weighted by atomic mass is 16.6. The highest BCUT2D eigenvalue weighted by Crippen LogP contribution is 2.35. The summed E-state index contributed by atoms with van der Waals surface area (Å²) in [6, 6.07) is 13.2. The molecule has 0 saturated heterocycles. The highest BCUT2D eigenvalue weighted by molar-refractivity contribution is 6.09. The smallest absolute Gasteiger partial charge is 0.317 e. The Morgan fingerprint density at radius 1 is 1.06 bits per heavy atom.